The van der Waals surface area contributed by atoms with Crippen molar-refractivity contribution in [2.45, 2.75) is 90.9 Å². The Morgan fingerprint density at radius 1 is 0.315 bits per heavy atom. The predicted octanol–water partition coefficient (Wildman–Crippen LogP) is 14.5. The lowest BCUT2D eigenvalue weighted by molar-refractivity contribution is -0.132. The van der Waals surface area contributed by atoms with Crippen LogP contribution < -0.4 is 53.2 Å². The summed E-state index contributed by atoms with van der Waals surface area (Å²) in [4.78, 5) is 128. The molecule has 10 atom stereocenters. The third-order valence-corrected chi connectivity index (χ3v) is 21.9. The quantitative estimate of drug-likeness (QED) is 0.0320. The lowest BCUT2D eigenvalue weighted by Gasteiger charge is -2.19. The summed E-state index contributed by atoms with van der Waals surface area (Å²) in [6.45, 7) is 15.6. The molecule has 0 spiro atoms. The van der Waals surface area contributed by atoms with Gasteiger partial charge in [0.2, 0.25) is 59.1 Å². The Hall–Kier alpha value is -13.9. The van der Waals surface area contributed by atoms with E-state index in [9.17, 15) is 91.8 Å². The van der Waals surface area contributed by atoms with Crippen LogP contribution in [0.3, 0.4) is 0 Å². The molecule has 6 heterocycles. The van der Waals surface area contributed by atoms with Crippen molar-refractivity contribution in [3.05, 3.63) is 319 Å². The summed E-state index contributed by atoms with van der Waals surface area (Å²) in [5.74, 6) is -20.2. The third kappa shape index (κ3) is 21.7. The molecule has 21 nitrogen and oxygen atoms in total. The number of anilines is 5. The number of carbonyl (C=O) groups excluding carboxylic acids is 10. The summed E-state index contributed by atoms with van der Waals surface area (Å²) in [7, 11) is 0. The van der Waals surface area contributed by atoms with Crippen molar-refractivity contribution in [1.29, 1.82) is 0 Å². The lowest BCUT2D eigenvalue weighted by atomic mass is 9.86. The van der Waals surface area contributed by atoms with Gasteiger partial charge < -0.3 is 53.2 Å². The monoisotopic (exact) mass is 1710 g/mol. The minimum atomic E-state index is -1.21. The van der Waals surface area contributed by atoms with E-state index in [1.807, 2.05) is 62.4 Å². The topological polar surface area (TPSA) is 304 Å². The zero-order chi connectivity index (χ0) is 89.7. The van der Waals surface area contributed by atoms with Gasteiger partial charge in [0.15, 0.2) is 23.3 Å². The van der Waals surface area contributed by atoms with E-state index in [1.165, 1.54) is 42.5 Å². The van der Waals surface area contributed by atoms with Gasteiger partial charge in [-0.15, -0.1) is 0 Å². The van der Waals surface area contributed by atoms with Gasteiger partial charge in [-0.1, -0.05) is 117 Å². The number of carbonyl (C=O) groups is 10. The number of pyridine rings is 1. The van der Waals surface area contributed by atoms with Crippen LogP contribution in [0.15, 0.2) is 194 Å². The number of amides is 10. The first kappa shape index (κ1) is 90.9. The number of benzene rings is 9. The van der Waals surface area contributed by atoms with Crippen LogP contribution in [0, 0.1) is 129 Å². The summed E-state index contributed by atoms with van der Waals surface area (Å²) in [6.07, 6.45) is 1.67. The molecule has 5 aliphatic heterocycles. The largest absolute Gasteiger partial charge is 0.355 e. The Kier molecular flexibility index (Phi) is 29.5. The molecular weight excluding hydrogens is 1620 g/mol. The number of rotatable bonds is 16. The average molecular weight is 1710 g/mol. The molecule has 0 bridgehead atoms. The first-order valence-corrected chi connectivity index (χ1v) is 39.4. The Labute approximate surface area is 706 Å². The fourth-order valence-corrected chi connectivity index (χ4v) is 15.0. The minimum absolute atomic E-state index is 0.0336. The van der Waals surface area contributed by atoms with Crippen LogP contribution in [0.2, 0.25) is 0 Å². The number of para-hydroxylation sites is 1. The molecule has 10 N–H and O–H groups in total. The zero-order valence-corrected chi connectivity index (χ0v) is 68.2. The summed E-state index contributed by atoms with van der Waals surface area (Å²) < 4.78 is 136. The van der Waals surface area contributed by atoms with Gasteiger partial charge in [0.25, 0.3) is 0 Å². The van der Waals surface area contributed by atoms with Crippen LogP contribution in [-0.4, -0.2) is 96.8 Å². The van der Waals surface area contributed by atoms with Gasteiger partial charge in [0.05, 0.1) is 22.7 Å². The second-order valence-electron chi connectivity index (χ2n) is 30.8. The maximum atomic E-state index is 14.2. The van der Waals surface area contributed by atoms with Gasteiger partial charge in [-0.25, -0.2) is 43.9 Å². The highest BCUT2D eigenvalue weighted by molar-refractivity contribution is 6.12. The van der Waals surface area contributed by atoms with Gasteiger partial charge >= 0.3 is 0 Å². The van der Waals surface area contributed by atoms with E-state index in [1.54, 1.807) is 88.5 Å². The van der Waals surface area contributed by atoms with Gasteiger partial charge in [-0.2, -0.15) is 0 Å². The predicted molar refractivity (Wildman–Crippen MR) is 444 cm³/mol. The minimum Gasteiger partial charge on any atom is -0.355 e. The number of nitrogens with zero attached hydrogens (tertiary/aromatic N) is 1. The maximum absolute atomic E-state index is 14.2. The van der Waals surface area contributed by atoms with Gasteiger partial charge in [-0.3, -0.25) is 52.9 Å². The standard InChI is InChI=1S/C21H23FN2O2.2C18H15F3N2O2.C18H16F2N2O2.C18H18FN3O2/c1-12(2)14-7-5-8-15(10-14)16-11-23-20(25)18(16)21(26)24-17-9-4-6-13(3)19(17)22;1-9-2-3-15(14(21)4-9)23-18(25)16-13(8-22-17(16)24)10-5-11(19)7-12(20)6-10;1-9-3-2-4-14(16(9)21)23-18(25)15-11(8-22-17(15)24)10-5-6-12(19)13(20)7-10;1-10-4-2-3-5-15(10)22-18(24)16-12(9-21-17(16)23)11-6-7-13(19)14(20)8-11;1-10-4-3-5-14(16(10)19)22-18(24)15-13(9-21-17(15)23)12-7-6-11(2)20-8-12/h4-10,12,16,18H,11H2,1-3H3,(H,23,25)(H,24,26);2-7,13,16H,8H2,1H3,(H,22,24)(H,23,25);2-7,11,15H,8H2,1H3,(H,22,24)(H,23,25);2-8,12,16H,9H2,1H3,(H,21,23)(H,22,24);3-8,13,15H,9H2,1-2H3,(H,21,23)(H,22,24). The molecule has 10 amide bonds. The number of nitrogens with one attached hydrogen (secondary N) is 10. The molecule has 15 rings (SSSR count). The zero-order valence-electron chi connectivity index (χ0n) is 68.2. The number of hydrogen-bond donors (Lipinski definition) is 10. The van der Waals surface area contributed by atoms with Crippen molar-refractivity contribution in [2.75, 3.05) is 59.3 Å². The number of aryl methyl sites for hydroxylation is 6. The van der Waals surface area contributed by atoms with Crippen molar-refractivity contribution in [1.82, 2.24) is 31.6 Å². The number of hydrogen-bond acceptors (Lipinski definition) is 11. The van der Waals surface area contributed by atoms with Crippen LogP contribution in [-0.2, 0) is 47.9 Å². The van der Waals surface area contributed by atoms with Crippen molar-refractivity contribution < 1.29 is 91.8 Å². The Balaban J connectivity index is 0.000000151. The first-order valence-electron chi connectivity index (χ1n) is 39.4. The normalized spacial score (nSPS) is 19.7. The van der Waals surface area contributed by atoms with Crippen molar-refractivity contribution in [3.63, 3.8) is 0 Å². The summed E-state index contributed by atoms with van der Waals surface area (Å²) in [5.41, 5.74) is 8.20. The lowest BCUT2D eigenvalue weighted by Crippen LogP contribution is -2.32. The third-order valence-electron chi connectivity index (χ3n) is 21.9. The maximum Gasteiger partial charge on any atom is 0.237 e. The highest BCUT2D eigenvalue weighted by Gasteiger charge is 2.46. The Bertz CT molecular complexity index is 5740. The molecule has 644 valence electrons. The van der Waals surface area contributed by atoms with Gasteiger partial charge in [-0.05, 0) is 188 Å². The van der Waals surface area contributed by atoms with E-state index < -0.39 is 153 Å². The van der Waals surface area contributed by atoms with E-state index in [4.69, 9.17) is 0 Å². The van der Waals surface area contributed by atoms with Crippen LogP contribution >= 0.6 is 0 Å². The highest BCUT2D eigenvalue weighted by atomic mass is 19.2. The van der Waals surface area contributed by atoms with Crippen molar-refractivity contribution >= 4 is 87.5 Å². The molecule has 10 unspecified atom stereocenters. The molecule has 0 aliphatic carbocycles. The second kappa shape index (κ2) is 40.2. The van der Waals surface area contributed by atoms with E-state index >= 15 is 0 Å². The summed E-state index contributed by atoms with van der Waals surface area (Å²) >= 11 is 0. The SMILES string of the molecule is Cc1ccc(C2CNC(=O)C2C(=O)Nc2cccc(C)c2F)cn1.Cc1ccc(NC(=O)C2C(=O)NCC2c2cc(F)cc(F)c2)c(F)c1.Cc1cccc(NC(=O)C2C(=O)NCC2c2ccc(F)c(F)c2)c1F.Cc1cccc(NC(=O)C2C(=O)NCC2c2cccc(C(C)C)c2)c1F.Cc1ccccc1NC(=O)C1C(=O)NCC1c1ccc(F)c(F)c1. The number of halogens is 10. The van der Waals surface area contributed by atoms with E-state index in [2.05, 4.69) is 72.0 Å². The molecular formula is C93H87F10N11O10. The fourth-order valence-electron chi connectivity index (χ4n) is 15.0. The fraction of sp³-hybridized carbons (Fsp3) is 0.258. The molecule has 9 aromatic carbocycles. The van der Waals surface area contributed by atoms with Crippen LogP contribution in [0.1, 0.15) is 116 Å². The number of aromatic nitrogens is 1. The Morgan fingerprint density at radius 2 is 0.653 bits per heavy atom. The second-order valence-corrected chi connectivity index (χ2v) is 30.8. The average Bonchev–Trinajstić information content (AvgIpc) is 1.66. The molecule has 31 heteroatoms. The molecule has 0 saturated carbocycles. The smallest absolute Gasteiger partial charge is 0.237 e. The van der Waals surface area contributed by atoms with E-state index in [0.717, 1.165) is 64.3 Å². The first-order chi connectivity index (χ1) is 59.0. The summed E-state index contributed by atoms with van der Waals surface area (Å²) in [6, 6.07) is 46.8. The van der Waals surface area contributed by atoms with E-state index in [0.29, 0.717) is 64.1 Å². The summed E-state index contributed by atoms with van der Waals surface area (Å²) in [5, 5.41) is 25.8. The molecule has 5 fully saturated rings. The molecule has 5 aliphatic rings. The van der Waals surface area contributed by atoms with Crippen LogP contribution in [0.4, 0.5) is 72.3 Å². The van der Waals surface area contributed by atoms with E-state index in [-0.39, 0.29) is 71.6 Å². The molecule has 124 heavy (non-hydrogen) atoms. The molecule has 5 saturated heterocycles. The molecule has 10 aromatic rings. The van der Waals surface area contributed by atoms with Gasteiger partial charge in [0.1, 0.15) is 64.5 Å². The van der Waals surface area contributed by atoms with Gasteiger partial charge in [0, 0.05) is 86.0 Å². The Morgan fingerprint density at radius 3 is 1.02 bits per heavy atom. The van der Waals surface area contributed by atoms with Crippen molar-refractivity contribution in [2.24, 2.45) is 29.6 Å². The molecule has 1 aromatic heterocycles. The highest BCUT2D eigenvalue weighted by Crippen LogP contribution is 2.38. The van der Waals surface area contributed by atoms with Crippen LogP contribution in [0.5, 0.6) is 0 Å². The molecule has 0 radical (unpaired) electrons. The van der Waals surface area contributed by atoms with Crippen LogP contribution in [0.25, 0.3) is 0 Å². The van der Waals surface area contributed by atoms with Crippen molar-refractivity contribution in [3.8, 4) is 0 Å².